The van der Waals surface area contributed by atoms with E-state index in [1.165, 1.54) is 0 Å². The van der Waals surface area contributed by atoms with Gasteiger partial charge in [-0.05, 0) is 25.1 Å². The van der Waals surface area contributed by atoms with Crippen LogP contribution in [-0.2, 0) is 11.2 Å². The highest BCUT2D eigenvalue weighted by atomic mass is 35.5. The summed E-state index contributed by atoms with van der Waals surface area (Å²) in [5.41, 5.74) is 2.16. The van der Waals surface area contributed by atoms with Gasteiger partial charge in [-0.15, -0.1) is 12.4 Å². The van der Waals surface area contributed by atoms with E-state index < -0.39 is 0 Å². The summed E-state index contributed by atoms with van der Waals surface area (Å²) in [5, 5.41) is 16.1. The van der Waals surface area contributed by atoms with Gasteiger partial charge in [0.1, 0.15) is 0 Å². The highest BCUT2D eigenvalue weighted by molar-refractivity contribution is 5.85. The number of likely N-dealkylation sites (N-methyl/N-ethyl adjacent to an activating group) is 1. The normalized spacial score (nSPS) is 11.9. The largest absolute Gasteiger partial charge is 0.394 e. The second-order valence-corrected chi connectivity index (χ2v) is 4.54. The zero-order valence-electron chi connectivity index (χ0n) is 11.3. The summed E-state index contributed by atoms with van der Waals surface area (Å²) in [6, 6.07) is 7.73. The van der Waals surface area contributed by atoms with Crippen LogP contribution in [0.5, 0.6) is 0 Å². The molecule has 1 amide bonds. The fourth-order valence-corrected chi connectivity index (χ4v) is 2.17. The predicted molar refractivity (Wildman–Crippen MR) is 82.2 cm³/mol. The molecule has 1 unspecified atom stereocenters. The van der Waals surface area contributed by atoms with Crippen molar-refractivity contribution in [1.82, 2.24) is 15.6 Å². The first kappa shape index (κ1) is 16.5. The van der Waals surface area contributed by atoms with Crippen molar-refractivity contribution in [1.29, 1.82) is 0 Å². The van der Waals surface area contributed by atoms with Crippen LogP contribution < -0.4 is 10.6 Å². The molecular weight excluding hydrogens is 278 g/mol. The van der Waals surface area contributed by atoms with Crippen LogP contribution in [0.2, 0.25) is 0 Å². The van der Waals surface area contributed by atoms with Crippen molar-refractivity contribution < 1.29 is 9.90 Å². The molecule has 0 fully saturated rings. The standard InChI is InChI=1S/C14H19N3O2.ClH/c1-15-8-14(19)17-11(9-18)6-10-7-16-13-5-3-2-4-12(10)13;/h2-5,7,11,15-16,18H,6,8-9H2,1H3,(H,17,19);1H. The van der Waals surface area contributed by atoms with Crippen molar-refractivity contribution in [2.75, 3.05) is 20.2 Å². The van der Waals surface area contributed by atoms with Gasteiger partial charge in [-0.1, -0.05) is 18.2 Å². The van der Waals surface area contributed by atoms with Crippen molar-refractivity contribution in [2.45, 2.75) is 12.5 Å². The number of nitrogens with one attached hydrogen (secondary N) is 3. The van der Waals surface area contributed by atoms with E-state index in [1.807, 2.05) is 30.5 Å². The number of H-pyrrole nitrogens is 1. The minimum Gasteiger partial charge on any atom is -0.394 e. The van der Waals surface area contributed by atoms with Crippen molar-refractivity contribution >= 4 is 29.2 Å². The minimum absolute atomic E-state index is 0. The SMILES string of the molecule is CNCC(=O)NC(CO)Cc1c[nH]c2ccccc12.Cl. The number of amides is 1. The first-order valence-electron chi connectivity index (χ1n) is 6.34. The van der Waals surface area contributed by atoms with Gasteiger partial charge in [-0.2, -0.15) is 0 Å². The highest BCUT2D eigenvalue weighted by Gasteiger charge is 2.13. The molecule has 0 bridgehead atoms. The number of aromatic amines is 1. The molecule has 5 nitrogen and oxygen atoms in total. The van der Waals surface area contributed by atoms with E-state index >= 15 is 0 Å². The predicted octanol–water partition coefficient (Wildman–Crippen LogP) is 0.829. The third kappa shape index (κ3) is 3.96. The average Bonchev–Trinajstić information content (AvgIpc) is 2.82. The number of benzene rings is 1. The number of carbonyl (C=O) groups excluding carboxylic acids is 1. The van der Waals surface area contributed by atoms with Crippen LogP contribution in [0.1, 0.15) is 5.56 Å². The number of aliphatic hydroxyl groups excluding tert-OH is 1. The summed E-state index contributed by atoms with van der Waals surface area (Å²) < 4.78 is 0. The molecule has 1 atom stereocenters. The summed E-state index contributed by atoms with van der Waals surface area (Å²) in [6.07, 6.45) is 2.54. The number of fused-ring (bicyclic) bond motifs is 1. The topological polar surface area (TPSA) is 77.2 Å². The molecule has 20 heavy (non-hydrogen) atoms. The van der Waals surface area contributed by atoms with Crippen molar-refractivity contribution in [2.24, 2.45) is 0 Å². The Labute approximate surface area is 124 Å². The van der Waals surface area contributed by atoms with Gasteiger partial charge in [0, 0.05) is 17.1 Å². The molecule has 1 aromatic heterocycles. The Balaban J connectivity index is 0.00000200. The van der Waals surface area contributed by atoms with Gasteiger partial charge in [0.25, 0.3) is 0 Å². The van der Waals surface area contributed by atoms with Gasteiger partial charge in [0.15, 0.2) is 0 Å². The van der Waals surface area contributed by atoms with E-state index in [0.29, 0.717) is 6.42 Å². The molecule has 1 aromatic carbocycles. The fourth-order valence-electron chi connectivity index (χ4n) is 2.17. The zero-order valence-corrected chi connectivity index (χ0v) is 12.2. The van der Waals surface area contributed by atoms with Gasteiger partial charge in [-0.25, -0.2) is 0 Å². The van der Waals surface area contributed by atoms with E-state index in [9.17, 15) is 9.90 Å². The molecule has 0 aliphatic heterocycles. The van der Waals surface area contributed by atoms with Crippen LogP contribution in [0.3, 0.4) is 0 Å². The Hall–Kier alpha value is -1.56. The molecule has 0 spiro atoms. The lowest BCUT2D eigenvalue weighted by atomic mass is 10.1. The van der Waals surface area contributed by atoms with E-state index in [0.717, 1.165) is 16.5 Å². The number of aliphatic hydroxyl groups is 1. The highest BCUT2D eigenvalue weighted by Crippen LogP contribution is 2.18. The lowest BCUT2D eigenvalue weighted by Gasteiger charge is -2.15. The molecule has 110 valence electrons. The molecule has 0 saturated carbocycles. The Kier molecular flexibility index (Phi) is 6.51. The van der Waals surface area contributed by atoms with E-state index in [2.05, 4.69) is 15.6 Å². The molecule has 0 aliphatic carbocycles. The van der Waals surface area contributed by atoms with E-state index in [-0.39, 0.29) is 37.5 Å². The number of para-hydroxylation sites is 1. The molecule has 0 aliphatic rings. The van der Waals surface area contributed by atoms with Crippen molar-refractivity contribution in [3.63, 3.8) is 0 Å². The van der Waals surface area contributed by atoms with Crippen LogP contribution in [0.25, 0.3) is 10.9 Å². The van der Waals surface area contributed by atoms with Crippen LogP contribution in [0.15, 0.2) is 30.5 Å². The summed E-state index contributed by atoms with van der Waals surface area (Å²) >= 11 is 0. The second kappa shape index (κ2) is 7.89. The van der Waals surface area contributed by atoms with Gasteiger partial charge in [0.2, 0.25) is 5.91 Å². The molecular formula is C14H20ClN3O2. The Bertz CT molecular complexity index is 556. The Morgan fingerprint density at radius 2 is 2.15 bits per heavy atom. The van der Waals surface area contributed by atoms with Crippen molar-refractivity contribution in [3.05, 3.63) is 36.0 Å². The summed E-state index contributed by atoms with van der Waals surface area (Å²) in [5.74, 6) is -0.110. The average molecular weight is 298 g/mol. The maximum absolute atomic E-state index is 11.5. The van der Waals surface area contributed by atoms with Crippen LogP contribution in [-0.4, -0.2) is 42.2 Å². The first-order chi connectivity index (χ1) is 9.24. The first-order valence-corrected chi connectivity index (χ1v) is 6.34. The minimum atomic E-state index is -0.264. The van der Waals surface area contributed by atoms with E-state index in [1.54, 1.807) is 7.05 Å². The van der Waals surface area contributed by atoms with Gasteiger partial charge >= 0.3 is 0 Å². The molecule has 0 radical (unpaired) electrons. The maximum atomic E-state index is 11.5. The molecule has 6 heteroatoms. The maximum Gasteiger partial charge on any atom is 0.234 e. The molecule has 2 rings (SSSR count). The summed E-state index contributed by atoms with van der Waals surface area (Å²) in [4.78, 5) is 14.7. The number of aromatic nitrogens is 1. The third-order valence-electron chi connectivity index (χ3n) is 3.06. The number of carbonyl (C=O) groups is 1. The quantitative estimate of drug-likeness (QED) is 0.638. The van der Waals surface area contributed by atoms with Crippen LogP contribution >= 0.6 is 12.4 Å². The molecule has 1 heterocycles. The number of rotatable bonds is 6. The summed E-state index contributed by atoms with van der Waals surface area (Å²) in [7, 11) is 1.72. The zero-order chi connectivity index (χ0) is 13.7. The monoisotopic (exact) mass is 297 g/mol. The number of hydrogen-bond donors (Lipinski definition) is 4. The van der Waals surface area contributed by atoms with Crippen LogP contribution in [0, 0.1) is 0 Å². The smallest absolute Gasteiger partial charge is 0.234 e. The molecule has 4 N–H and O–H groups in total. The fraction of sp³-hybridized carbons (Fsp3) is 0.357. The Morgan fingerprint density at radius 1 is 1.40 bits per heavy atom. The third-order valence-corrected chi connectivity index (χ3v) is 3.06. The van der Waals surface area contributed by atoms with E-state index in [4.69, 9.17) is 0 Å². The lowest BCUT2D eigenvalue weighted by molar-refractivity contribution is -0.121. The van der Waals surface area contributed by atoms with Gasteiger partial charge in [-0.3, -0.25) is 4.79 Å². The second-order valence-electron chi connectivity index (χ2n) is 4.54. The lowest BCUT2D eigenvalue weighted by Crippen LogP contribution is -2.42. The van der Waals surface area contributed by atoms with Crippen LogP contribution in [0.4, 0.5) is 0 Å². The van der Waals surface area contributed by atoms with Gasteiger partial charge < -0.3 is 20.7 Å². The molecule has 2 aromatic rings. The number of halogens is 1. The summed E-state index contributed by atoms with van der Waals surface area (Å²) in [6.45, 7) is 0.180. The number of hydrogen-bond acceptors (Lipinski definition) is 3. The Morgan fingerprint density at radius 3 is 2.85 bits per heavy atom. The van der Waals surface area contributed by atoms with Crippen molar-refractivity contribution in [3.8, 4) is 0 Å². The van der Waals surface area contributed by atoms with Gasteiger partial charge in [0.05, 0.1) is 19.2 Å². The molecule has 0 saturated heterocycles.